The standard InChI is InChI=1S/C18H22O4/c1-11(2)17(19)21-9-15-8-16(14(6)7-13(15)5)10-22-18(20)12(3)4/h7-8H,1,3,9-10H2,2,4-6H3. The number of carbonyl (C=O) groups is 2. The van der Waals surface area contributed by atoms with Crippen molar-refractivity contribution in [2.45, 2.75) is 40.9 Å². The SMILES string of the molecule is C=C(C)C(=O)OCc1cc(COC(=O)C(=C)C)c(C)cc1C. The highest BCUT2D eigenvalue weighted by atomic mass is 16.5. The van der Waals surface area contributed by atoms with Gasteiger partial charge in [0.15, 0.2) is 0 Å². The molecular formula is C18H22O4. The number of benzene rings is 1. The molecule has 0 saturated heterocycles. The van der Waals surface area contributed by atoms with E-state index in [4.69, 9.17) is 9.47 Å². The molecule has 4 nitrogen and oxygen atoms in total. The van der Waals surface area contributed by atoms with Gasteiger partial charge in [0.25, 0.3) is 0 Å². The second kappa shape index (κ2) is 7.59. The molecule has 22 heavy (non-hydrogen) atoms. The molecule has 1 aromatic rings. The van der Waals surface area contributed by atoms with Gasteiger partial charge in [-0.3, -0.25) is 0 Å². The van der Waals surface area contributed by atoms with Gasteiger partial charge < -0.3 is 9.47 Å². The van der Waals surface area contributed by atoms with Gasteiger partial charge in [-0.15, -0.1) is 0 Å². The summed E-state index contributed by atoms with van der Waals surface area (Å²) in [5.74, 6) is -0.842. The number of carbonyl (C=O) groups excluding carboxylic acids is 2. The van der Waals surface area contributed by atoms with Crippen LogP contribution in [0.15, 0.2) is 36.4 Å². The molecule has 0 aromatic heterocycles. The minimum atomic E-state index is -0.421. The van der Waals surface area contributed by atoms with Crippen molar-refractivity contribution in [1.82, 2.24) is 0 Å². The molecular weight excluding hydrogens is 280 g/mol. The van der Waals surface area contributed by atoms with E-state index < -0.39 is 11.9 Å². The summed E-state index contributed by atoms with van der Waals surface area (Å²) in [6.45, 7) is 14.5. The van der Waals surface area contributed by atoms with Crippen molar-refractivity contribution in [3.63, 3.8) is 0 Å². The zero-order valence-electron chi connectivity index (χ0n) is 13.6. The maximum Gasteiger partial charge on any atom is 0.333 e. The first kappa shape index (κ1) is 17.7. The molecule has 118 valence electrons. The molecule has 0 fully saturated rings. The first-order chi connectivity index (χ1) is 10.2. The van der Waals surface area contributed by atoms with E-state index in [2.05, 4.69) is 13.2 Å². The number of esters is 2. The van der Waals surface area contributed by atoms with Crippen LogP contribution in [0.1, 0.15) is 36.1 Å². The fraction of sp³-hybridized carbons (Fsp3) is 0.333. The summed E-state index contributed by atoms with van der Waals surface area (Å²) in [7, 11) is 0. The molecule has 0 aliphatic heterocycles. The molecule has 0 aliphatic carbocycles. The Balaban J connectivity index is 2.85. The maximum atomic E-state index is 11.5. The Kier molecular flexibility index (Phi) is 6.11. The minimum absolute atomic E-state index is 0.166. The third kappa shape index (κ3) is 4.88. The molecule has 0 bridgehead atoms. The monoisotopic (exact) mass is 302 g/mol. The fourth-order valence-corrected chi connectivity index (χ4v) is 1.79. The lowest BCUT2D eigenvalue weighted by molar-refractivity contribution is -0.140. The molecule has 0 heterocycles. The lowest BCUT2D eigenvalue weighted by Crippen LogP contribution is -2.08. The Morgan fingerprint density at radius 2 is 1.23 bits per heavy atom. The topological polar surface area (TPSA) is 52.6 Å². The van der Waals surface area contributed by atoms with Gasteiger partial charge >= 0.3 is 11.9 Å². The van der Waals surface area contributed by atoms with E-state index in [1.807, 2.05) is 26.0 Å². The highest BCUT2D eigenvalue weighted by Crippen LogP contribution is 2.18. The van der Waals surface area contributed by atoms with Gasteiger partial charge in [0, 0.05) is 11.1 Å². The average Bonchev–Trinajstić information content (AvgIpc) is 2.44. The van der Waals surface area contributed by atoms with E-state index in [-0.39, 0.29) is 13.2 Å². The van der Waals surface area contributed by atoms with Crippen LogP contribution in [0.25, 0.3) is 0 Å². The average molecular weight is 302 g/mol. The number of hydrogen-bond donors (Lipinski definition) is 0. The van der Waals surface area contributed by atoms with Crippen LogP contribution in [-0.2, 0) is 32.3 Å². The van der Waals surface area contributed by atoms with Crippen LogP contribution in [0.4, 0.5) is 0 Å². The molecule has 1 aromatic carbocycles. The van der Waals surface area contributed by atoms with Gasteiger partial charge in [0.1, 0.15) is 13.2 Å². The molecule has 0 aliphatic rings. The van der Waals surface area contributed by atoms with E-state index in [9.17, 15) is 9.59 Å². The van der Waals surface area contributed by atoms with Crippen molar-refractivity contribution >= 4 is 11.9 Å². The largest absolute Gasteiger partial charge is 0.457 e. The molecule has 4 heteroatoms. The number of hydrogen-bond acceptors (Lipinski definition) is 4. The predicted octanol–water partition coefficient (Wildman–Crippen LogP) is 3.54. The smallest absolute Gasteiger partial charge is 0.333 e. The summed E-state index contributed by atoms with van der Waals surface area (Å²) < 4.78 is 10.3. The Bertz CT molecular complexity index is 575. The normalized spacial score (nSPS) is 10.0. The van der Waals surface area contributed by atoms with Gasteiger partial charge in [0.2, 0.25) is 0 Å². The maximum absolute atomic E-state index is 11.5. The lowest BCUT2D eigenvalue weighted by atomic mass is 10.0. The molecule has 0 saturated carbocycles. The third-order valence-electron chi connectivity index (χ3n) is 3.21. The van der Waals surface area contributed by atoms with Crippen LogP contribution in [0.5, 0.6) is 0 Å². The van der Waals surface area contributed by atoms with Crippen LogP contribution in [0, 0.1) is 13.8 Å². The van der Waals surface area contributed by atoms with Gasteiger partial charge in [-0.2, -0.15) is 0 Å². The van der Waals surface area contributed by atoms with Crippen molar-refractivity contribution in [3.05, 3.63) is 58.7 Å². The fourth-order valence-electron chi connectivity index (χ4n) is 1.79. The number of ether oxygens (including phenoxy) is 2. The quantitative estimate of drug-likeness (QED) is 0.596. The highest BCUT2D eigenvalue weighted by molar-refractivity contribution is 5.87. The Morgan fingerprint density at radius 1 is 0.864 bits per heavy atom. The van der Waals surface area contributed by atoms with E-state index in [1.165, 1.54) is 0 Å². The number of aryl methyl sites for hydroxylation is 2. The van der Waals surface area contributed by atoms with Crippen molar-refractivity contribution in [2.24, 2.45) is 0 Å². The van der Waals surface area contributed by atoms with Gasteiger partial charge in [-0.25, -0.2) is 9.59 Å². The molecule has 1 rings (SSSR count). The summed E-state index contributed by atoms with van der Waals surface area (Å²) in [6, 6.07) is 3.87. The minimum Gasteiger partial charge on any atom is -0.457 e. The van der Waals surface area contributed by atoms with E-state index >= 15 is 0 Å². The molecule has 0 amide bonds. The summed E-state index contributed by atoms with van der Waals surface area (Å²) in [5, 5.41) is 0. The van der Waals surface area contributed by atoms with Crippen LogP contribution in [-0.4, -0.2) is 11.9 Å². The second-order valence-electron chi connectivity index (χ2n) is 5.42. The highest BCUT2D eigenvalue weighted by Gasteiger charge is 2.10. The number of rotatable bonds is 6. The summed E-state index contributed by atoms with van der Waals surface area (Å²) in [5.41, 5.74) is 4.51. The Labute approximate surface area is 131 Å². The zero-order chi connectivity index (χ0) is 16.9. The van der Waals surface area contributed by atoms with Gasteiger partial charge in [0.05, 0.1) is 0 Å². The summed E-state index contributed by atoms with van der Waals surface area (Å²) >= 11 is 0. The van der Waals surface area contributed by atoms with Gasteiger partial charge in [-0.1, -0.05) is 19.2 Å². The van der Waals surface area contributed by atoms with Crippen molar-refractivity contribution in [2.75, 3.05) is 0 Å². The van der Waals surface area contributed by atoms with Crippen LogP contribution in [0.3, 0.4) is 0 Å². The summed E-state index contributed by atoms with van der Waals surface area (Å²) in [4.78, 5) is 22.9. The Morgan fingerprint density at radius 3 is 1.55 bits per heavy atom. The van der Waals surface area contributed by atoms with Gasteiger partial charge in [-0.05, 0) is 56.0 Å². The predicted molar refractivity (Wildman–Crippen MR) is 85.1 cm³/mol. The molecule has 0 spiro atoms. The lowest BCUT2D eigenvalue weighted by Gasteiger charge is -2.13. The first-order valence-electron chi connectivity index (χ1n) is 6.96. The van der Waals surface area contributed by atoms with Crippen molar-refractivity contribution in [1.29, 1.82) is 0 Å². The summed E-state index contributed by atoms with van der Waals surface area (Å²) in [6.07, 6.45) is 0. The van der Waals surface area contributed by atoms with E-state index in [0.29, 0.717) is 11.1 Å². The molecule has 0 radical (unpaired) electrons. The van der Waals surface area contributed by atoms with Crippen molar-refractivity contribution < 1.29 is 19.1 Å². The van der Waals surface area contributed by atoms with Crippen LogP contribution >= 0.6 is 0 Å². The van der Waals surface area contributed by atoms with Crippen molar-refractivity contribution in [3.8, 4) is 0 Å². The van der Waals surface area contributed by atoms with Crippen LogP contribution < -0.4 is 0 Å². The zero-order valence-corrected chi connectivity index (χ0v) is 13.6. The first-order valence-corrected chi connectivity index (χ1v) is 6.96. The third-order valence-corrected chi connectivity index (χ3v) is 3.21. The van der Waals surface area contributed by atoms with Crippen LogP contribution in [0.2, 0.25) is 0 Å². The molecule has 0 atom stereocenters. The molecule has 0 N–H and O–H groups in total. The second-order valence-corrected chi connectivity index (χ2v) is 5.42. The van der Waals surface area contributed by atoms with E-state index in [0.717, 1.165) is 22.3 Å². The molecule has 0 unspecified atom stereocenters. The van der Waals surface area contributed by atoms with E-state index in [1.54, 1.807) is 13.8 Å². The Hall–Kier alpha value is -2.36.